The van der Waals surface area contributed by atoms with Gasteiger partial charge in [-0.05, 0) is 12.0 Å². The minimum absolute atomic E-state index is 0.198. The molecule has 2 atom stereocenters. The quantitative estimate of drug-likeness (QED) is 0.298. The predicted molar refractivity (Wildman–Crippen MR) is 62.2 cm³/mol. The Labute approximate surface area is 97.9 Å². The van der Waals surface area contributed by atoms with E-state index in [4.69, 9.17) is 26.8 Å². The molecule has 0 heterocycles. The van der Waals surface area contributed by atoms with Crippen LogP contribution in [0.15, 0.2) is 35.3 Å². The lowest BCUT2D eigenvalue weighted by Crippen LogP contribution is -2.23. The maximum atomic E-state index is 8.36. The van der Waals surface area contributed by atoms with Gasteiger partial charge >= 0.3 is 0 Å². The van der Waals surface area contributed by atoms with E-state index in [0.29, 0.717) is 12.0 Å². The van der Waals surface area contributed by atoms with E-state index in [0.717, 1.165) is 6.42 Å². The van der Waals surface area contributed by atoms with Crippen molar-refractivity contribution in [3.05, 3.63) is 46.0 Å². The molecule has 7 nitrogen and oxygen atoms in total. The highest BCUT2D eigenvalue weighted by Gasteiger charge is 2.38. The van der Waals surface area contributed by atoms with Crippen molar-refractivity contribution in [3.8, 4) is 0 Å². The molecule has 1 aromatic carbocycles. The van der Waals surface area contributed by atoms with Crippen molar-refractivity contribution in [3.63, 3.8) is 0 Å². The van der Waals surface area contributed by atoms with Crippen molar-refractivity contribution in [2.45, 2.75) is 18.4 Å². The minimum atomic E-state index is -1.50. The van der Waals surface area contributed by atoms with Gasteiger partial charge in [0.15, 0.2) is 5.96 Å². The molecule has 17 heavy (non-hydrogen) atoms. The fourth-order valence-electron chi connectivity index (χ4n) is 1.57. The zero-order valence-electron chi connectivity index (χ0n) is 9.06. The van der Waals surface area contributed by atoms with E-state index in [-0.39, 0.29) is 5.96 Å². The molecule has 1 fully saturated rings. The van der Waals surface area contributed by atoms with Gasteiger partial charge in [-0.2, -0.15) is 0 Å². The SMILES string of the molecule is NC(N)=N[C@H]1C[C@H]1c1ccccc1.O=[N+]([O-])O. The van der Waals surface area contributed by atoms with E-state index in [2.05, 4.69) is 17.1 Å². The molecule has 1 aromatic rings. The van der Waals surface area contributed by atoms with Gasteiger partial charge in [0.25, 0.3) is 5.09 Å². The summed E-state index contributed by atoms with van der Waals surface area (Å²) >= 11 is 0. The minimum Gasteiger partial charge on any atom is -0.370 e. The van der Waals surface area contributed by atoms with Crippen molar-refractivity contribution in [2.24, 2.45) is 16.5 Å². The molecule has 0 aliphatic heterocycles. The van der Waals surface area contributed by atoms with Crippen LogP contribution in [0.2, 0.25) is 0 Å². The summed E-state index contributed by atoms with van der Waals surface area (Å²) in [5.41, 5.74) is 11.9. The van der Waals surface area contributed by atoms with Crippen molar-refractivity contribution >= 4 is 5.96 Å². The zero-order valence-corrected chi connectivity index (χ0v) is 9.06. The van der Waals surface area contributed by atoms with E-state index in [1.54, 1.807) is 0 Å². The number of guanidine groups is 1. The van der Waals surface area contributed by atoms with Crippen LogP contribution in [-0.2, 0) is 0 Å². The molecular weight excluding hydrogens is 224 g/mol. The molecule has 0 spiro atoms. The second-order valence-electron chi connectivity index (χ2n) is 3.61. The van der Waals surface area contributed by atoms with Gasteiger partial charge in [-0.3, -0.25) is 0 Å². The van der Waals surface area contributed by atoms with E-state index < -0.39 is 5.09 Å². The van der Waals surface area contributed by atoms with Crippen molar-refractivity contribution < 1.29 is 10.3 Å². The molecule has 0 radical (unpaired) electrons. The summed E-state index contributed by atoms with van der Waals surface area (Å²) in [7, 11) is 0. The number of nitrogens with two attached hydrogens (primary N) is 2. The van der Waals surface area contributed by atoms with Gasteiger partial charge in [0.1, 0.15) is 0 Å². The maximum Gasteiger partial charge on any atom is 0.291 e. The normalized spacial score (nSPS) is 20.7. The Bertz CT molecular complexity index is 399. The lowest BCUT2D eigenvalue weighted by Gasteiger charge is -1.96. The van der Waals surface area contributed by atoms with Crippen LogP contribution in [0, 0.1) is 10.1 Å². The van der Waals surface area contributed by atoms with Gasteiger partial charge in [-0.1, -0.05) is 30.3 Å². The highest BCUT2D eigenvalue weighted by atomic mass is 16.9. The Morgan fingerprint density at radius 3 is 2.41 bits per heavy atom. The summed E-state index contributed by atoms with van der Waals surface area (Å²) < 4.78 is 0. The predicted octanol–water partition coefficient (Wildman–Crippen LogP) is 0.468. The van der Waals surface area contributed by atoms with Gasteiger partial charge in [0.2, 0.25) is 0 Å². The second-order valence-corrected chi connectivity index (χ2v) is 3.61. The smallest absolute Gasteiger partial charge is 0.291 e. The van der Waals surface area contributed by atoms with Crippen LogP contribution in [-0.4, -0.2) is 22.3 Å². The summed E-state index contributed by atoms with van der Waals surface area (Å²) in [5, 5.41) is 13.6. The molecule has 92 valence electrons. The zero-order chi connectivity index (χ0) is 12.8. The Morgan fingerprint density at radius 2 is 1.94 bits per heavy atom. The average molecular weight is 238 g/mol. The van der Waals surface area contributed by atoms with E-state index >= 15 is 0 Å². The lowest BCUT2D eigenvalue weighted by atomic mass is 10.1. The van der Waals surface area contributed by atoms with Crippen molar-refractivity contribution in [1.29, 1.82) is 0 Å². The lowest BCUT2D eigenvalue weighted by molar-refractivity contribution is -0.742. The number of benzene rings is 1. The number of hydrogen-bond donors (Lipinski definition) is 3. The van der Waals surface area contributed by atoms with Crippen LogP contribution in [0.5, 0.6) is 0 Å². The molecule has 5 N–H and O–H groups in total. The molecule has 0 bridgehead atoms. The van der Waals surface area contributed by atoms with Crippen LogP contribution in [0.1, 0.15) is 17.9 Å². The Balaban J connectivity index is 0.000000317. The third kappa shape index (κ3) is 4.83. The largest absolute Gasteiger partial charge is 0.370 e. The summed E-state index contributed by atoms with van der Waals surface area (Å²) in [6.07, 6.45) is 1.07. The maximum absolute atomic E-state index is 8.36. The molecule has 0 saturated heterocycles. The van der Waals surface area contributed by atoms with Crippen LogP contribution in [0.4, 0.5) is 0 Å². The fourth-order valence-corrected chi connectivity index (χ4v) is 1.57. The molecule has 7 heteroatoms. The molecule has 1 saturated carbocycles. The number of rotatable bonds is 2. The highest BCUT2D eigenvalue weighted by molar-refractivity contribution is 5.76. The highest BCUT2D eigenvalue weighted by Crippen LogP contribution is 2.43. The summed E-state index contributed by atoms with van der Waals surface area (Å²) in [5.74, 6) is 0.728. The fraction of sp³-hybridized carbons (Fsp3) is 0.300. The van der Waals surface area contributed by atoms with Crippen LogP contribution < -0.4 is 11.5 Å². The Hall–Kier alpha value is -2.31. The van der Waals surface area contributed by atoms with Gasteiger partial charge in [0.05, 0.1) is 6.04 Å². The summed E-state index contributed by atoms with van der Waals surface area (Å²) in [4.78, 5) is 12.5. The van der Waals surface area contributed by atoms with Gasteiger partial charge in [-0.15, -0.1) is 10.1 Å². The third-order valence-electron chi connectivity index (χ3n) is 2.30. The molecule has 1 aliphatic carbocycles. The Kier molecular flexibility index (Phi) is 4.27. The van der Waals surface area contributed by atoms with E-state index in [1.165, 1.54) is 5.56 Å². The van der Waals surface area contributed by atoms with Crippen LogP contribution >= 0.6 is 0 Å². The van der Waals surface area contributed by atoms with E-state index in [9.17, 15) is 0 Å². The molecule has 1 aliphatic rings. The second kappa shape index (κ2) is 5.69. The first-order chi connectivity index (χ1) is 8.00. The number of hydrogen-bond acceptors (Lipinski definition) is 3. The van der Waals surface area contributed by atoms with E-state index in [1.807, 2.05) is 18.2 Å². The third-order valence-corrected chi connectivity index (χ3v) is 2.30. The van der Waals surface area contributed by atoms with Crippen molar-refractivity contribution in [1.82, 2.24) is 0 Å². The first-order valence-electron chi connectivity index (χ1n) is 4.97. The van der Waals surface area contributed by atoms with Crippen LogP contribution in [0.25, 0.3) is 0 Å². The van der Waals surface area contributed by atoms with Gasteiger partial charge in [-0.25, -0.2) is 4.99 Å². The molecule has 0 unspecified atom stereocenters. The average Bonchev–Trinajstić information content (AvgIpc) is 2.96. The number of nitrogens with zero attached hydrogens (tertiary/aromatic N) is 2. The topological polar surface area (TPSA) is 128 Å². The summed E-state index contributed by atoms with van der Waals surface area (Å²) in [6, 6.07) is 10.6. The Morgan fingerprint density at radius 1 is 1.41 bits per heavy atom. The number of aliphatic imine (C=N–C) groups is 1. The van der Waals surface area contributed by atoms with Gasteiger partial charge in [0, 0.05) is 5.92 Å². The standard InChI is InChI=1S/C10H13N3.HNO3/c11-10(12)13-9-6-8(9)7-4-2-1-3-5-7;2-1(3)4/h1-5,8-9H,6H2,(H4,11,12,13);(H,2,3,4)/t8-,9-;/m0./s1. The molecule has 0 aromatic heterocycles. The first-order valence-corrected chi connectivity index (χ1v) is 4.97. The summed E-state index contributed by atoms with van der Waals surface area (Å²) in [6.45, 7) is 0. The monoisotopic (exact) mass is 238 g/mol. The first kappa shape index (κ1) is 12.8. The molecule has 0 amide bonds. The van der Waals surface area contributed by atoms with Gasteiger partial charge < -0.3 is 16.7 Å². The molecular formula is C10H14N4O3. The van der Waals surface area contributed by atoms with Crippen molar-refractivity contribution in [2.75, 3.05) is 0 Å². The van der Waals surface area contributed by atoms with Crippen LogP contribution in [0.3, 0.4) is 0 Å². The molecule has 2 rings (SSSR count).